The molecule has 1 aromatic carbocycles. The van der Waals surface area contributed by atoms with Gasteiger partial charge in [0.1, 0.15) is 17.5 Å². The largest absolute Gasteiger partial charge is 0.492 e. The zero-order valence-corrected chi connectivity index (χ0v) is 14.3. The Hall–Kier alpha value is -2.55. The van der Waals surface area contributed by atoms with Crippen molar-refractivity contribution in [2.45, 2.75) is 45.6 Å². The molecule has 6 heteroatoms. The van der Waals surface area contributed by atoms with Crippen LogP contribution in [-0.4, -0.2) is 34.2 Å². The average Bonchev–Trinajstić information content (AvgIpc) is 3.06. The Labute approximate surface area is 142 Å². The number of rotatable bonds is 5. The van der Waals surface area contributed by atoms with Crippen LogP contribution in [0.3, 0.4) is 0 Å². The minimum atomic E-state index is 0.377. The molecule has 1 aromatic heterocycles. The molecule has 2 aromatic rings. The van der Waals surface area contributed by atoms with Crippen LogP contribution in [0.2, 0.25) is 0 Å². The fraction of sp³-hybridized carbons (Fsp3) is 0.500. The smallest absolute Gasteiger partial charge is 0.207 e. The van der Waals surface area contributed by atoms with E-state index in [4.69, 9.17) is 4.74 Å². The van der Waals surface area contributed by atoms with Crippen molar-refractivity contribution in [1.82, 2.24) is 15.0 Å². The Morgan fingerprint density at radius 3 is 2.83 bits per heavy atom. The van der Waals surface area contributed by atoms with E-state index in [-0.39, 0.29) is 0 Å². The summed E-state index contributed by atoms with van der Waals surface area (Å²) in [6, 6.07) is 10.3. The molecule has 1 fully saturated rings. The fourth-order valence-electron chi connectivity index (χ4n) is 3.28. The molecule has 1 aliphatic heterocycles. The lowest BCUT2D eigenvalue weighted by molar-refractivity contribution is 0.337. The van der Waals surface area contributed by atoms with Crippen LogP contribution >= 0.6 is 0 Å². The van der Waals surface area contributed by atoms with E-state index in [1.165, 1.54) is 11.2 Å². The fourth-order valence-corrected chi connectivity index (χ4v) is 3.28. The van der Waals surface area contributed by atoms with Gasteiger partial charge in [0.25, 0.3) is 0 Å². The van der Waals surface area contributed by atoms with E-state index in [1.807, 2.05) is 31.2 Å². The summed E-state index contributed by atoms with van der Waals surface area (Å²) in [4.78, 5) is 3.77. The molecule has 0 spiro atoms. The number of benzene rings is 1. The van der Waals surface area contributed by atoms with Crippen molar-refractivity contribution in [2.24, 2.45) is 0 Å². The van der Waals surface area contributed by atoms with Crippen molar-refractivity contribution in [1.29, 1.82) is 5.26 Å². The Morgan fingerprint density at radius 1 is 1.25 bits per heavy atom. The number of anilines is 1. The minimum absolute atomic E-state index is 0.377. The number of hydrogen-bond acceptors (Lipinski definition) is 5. The van der Waals surface area contributed by atoms with E-state index >= 15 is 0 Å². The summed E-state index contributed by atoms with van der Waals surface area (Å²) in [5, 5.41) is 18.6. The summed E-state index contributed by atoms with van der Waals surface area (Å²) in [7, 11) is 0. The highest BCUT2D eigenvalue weighted by atomic mass is 16.5. The van der Waals surface area contributed by atoms with Gasteiger partial charge in [-0.3, -0.25) is 0 Å². The van der Waals surface area contributed by atoms with Crippen LogP contribution in [0.15, 0.2) is 24.3 Å². The quantitative estimate of drug-likeness (QED) is 0.843. The molecule has 0 radical (unpaired) electrons. The van der Waals surface area contributed by atoms with E-state index in [9.17, 15) is 5.26 Å². The van der Waals surface area contributed by atoms with Gasteiger partial charge in [0.2, 0.25) is 5.69 Å². The summed E-state index contributed by atoms with van der Waals surface area (Å²) >= 11 is 0. The van der Waals surface area contributed by atoms with Crippen molar-refractivity contribution >= 4 is 5.82 Å². The minimum Gasteiger partial charge on any atom is -0.492 e. The maximum absolute atomic E-state index is 9.52. The highest BCUT2D eigenvalue weighted by Gasteiger charge is 2.27. The molecule has 0 bridgehead atoms. The number of ether oxygens (including phenoxy) is 1. The molecule has 6 nitrogen and oxygen atoms in total. The lowest BCUT2D eigenvalue weighted by Crippen LogP contribution is -2.39. The molecule has 24 heavy (non-hydrogen) atoms. The van der Waals surface area contributed by atoms with Crippen LogP contribution in [0, 0.1) is 11.3 Å². The topological polar surface area (TPSA) is 67.0 Å². The predicted octanol–water partition coefficient (Wildman–Crippen LogP) is 3.31. The molecular weight excluding hydrogens is 302 g/mol. The number of para-hydroxylation sites is 2. The first-order valence-electron chi connectivity index (χ1n) is 8.64. The van der Waals surface area contributed by atoms with Crippen molar-refractivity contribution in [3.63, 3.8) is 0 Å². The van der Waals surface area contributed by atoms with Gasteiger partial charge in [-0.15, -0.1) is 15.0 Å². The van der Waals surface area contributed by atoms with Crippen molar-refractivity contribution < 1.29 is 4.74 Å². The highest BCUT2D eigenvalue weighted by molar-refractivity contribution is 5.53. The van der Waals surface area contributed by atoms with Gasteiger partial charge in [-0.2, -0.15) is 5.26 Å². The first-order valence-corrected chi connectivity index (χ1v) is 8.64. The van der Waals surface area contributed by atoms with Crippen LogP contribution in [0.25, 0.3) is 5.69 Å². The molecule has 0 N–H and O–H groups in total. The van der Waals surface area contributed by atoms with Gasteiger partial charge in [-0.25, -0.2) is 0 Å². The standard InChI is InChI=1S/C18H23N5O/c1-3-14-9-7-8-12-22(14)18-15(13-19)20-23(21-18)16-10-5-6-11-17(16)24-4-2/h5-6,10-11,14H,3-4,7-9,12H2,1-2H3/t14-/m0/s1. The molecule has 0 amide bonds. The molecule has 1 aliphatic rings. The number of hydrogen-bond donors (Lipinski definition) is 0. The summed E-state index contributed by atoms with van der Waals surface area (Å²) in [6.45, 7) is 5.63. The number of nitriles is 1. The van der Waals surface area contributed by atoms with E-state index in [2.05, 4.69) is 28.1 Å². The van der Waals surface area contributed by atoms with Crippen LogP contribution in [0.1, 0.15) is 45.2 Å². The molecule has 0 unspecified atom stereocenters. The maximum Gasteiger partial charge on any atom is 0.207 e. The molecule has 2 heterocycles. The molecule has 0 aliphatic carbocycles. The van der Waals surface area contributed by atoms with Crippen molar-refractivity contribution in [2.75, 3.05) is 18.1 Å². The molecule has 3 rings (SSSR count). The highest BCUT2D eigenvalue weighted by Crippen LogP contribution is 2.29. The van der Waals surface area contributed by atoms with Crippen molar-refractivity contribution in [3.8, 4) is 17.5 Å². The van der Waals surface area contributed by atoms with E-state index in [1.54, 1.807) is 0 Å². The number of nitrogens with zero attached hydrogens (tertiary/aromatic N) is 5. The van der Waals surface area contributed by atoms with Crippen LogP contribution in [0.5, 0.6) is 5.75 Å². The summed E-state index contributed by atoms with van der Waals surface area (Å²) < 4.78 is 5.66. The SMILES string of the molecule is CCOc1ccccc1-n1nc(C#N)c(N2CCCC[C@@H]2CC)n1. The summed E-state index contributed by atoms with van der Waals surface area (Å²) in [5.74, 6) is 1.41. The monoisotopic (exact) mass is 325 g/mol. The third-order valence-corrected chi connectivity index (χ3v) is 4.45. The number of aromatic nitrogens is 3. The molecule has 1 atom stereocenters. The predicted molar refractivity (Wildman–Crippen MR) is 92.5 cm³/mol. The molecule has 126 valence electrons. The van der Waals surface area contributed by atoms with Crippen LogP contribution < -0.4 is 9.64 Å². The van der Waals surface area contributed by atoms with Crippen molar-refractivity contribution in [3.05, 3.63) is 30.0 Å². The Bertz CT molecular complexity index is 733. The second kappa shape index (κ2) is 7.35. The second-order valence-corrected chi connectivity index (χ2v) is 5.93. The lowest BCUT2D eigenvalue weighted by Gasteiger charge is -2.35. The molecule has 0 saturated carbocycles. The van der Waals surface area contributed by atoms with Gasteiger partial charge in [0.15, 0.2) is 5.82 Å². The third-order valence-electron chi connectivity index (χ3n) is 4.45. The zero-order chi connectivity index (χ0) is 16.9. The van der Waals surface area contributed by atoms with Gasteiger partial charge in [0.05, 0.1) is 6.61 Å². The van der Waals surface area contributed by atoms with Gasteiger partial charge < -0.3 is 9.64 Å². The second-order valence-electron chi connectivity index (χ2n) is 5.93. The van der Waals surface area contributed by atoms with Gasteiger partial charge in [0, 0.05) is 12.6 Å². The summed E-state index contributed by atoms with van der Waals surface area (Å²) in [5.41, 5.74) is 1.13. The summed E-state index contributed by atoms with van der Waals surface area (Å²) in [6.07, 6.45) is 4.55. The zero-order valence-electron chi connectivity index (χ0n) is 14.3. The van der Waals surface area contributed by atoms with Gasteiger partial charge in [-0.1, -0.05) is 19.1 Å². The van der Waals surface area contributed by atoms with Gasteiger partial charge in [-0.05, 0) is 44.7 Å². The first kappa shape index (κ1) is 16.3. The lowest BCUT2D eigenvalue weighted by atomic mass is 10.00. The Kier molecular flexibility index (Phi) is 4.99. The first-order chi connectivity index (χ1) is 11.8. The Morgan fingerprint density at radius 2 is 2.08 bits per heavy atom. The number of piperidine rings is 1. The van der Waals surface area contributed by atoms with Gasteiger partial charge >= 0.3 is 0 Å². The Balaban J connectivity index is 2.01. The van der Waals surface area contributed by atoms with Crippen LogP contribution in [-0.2, 0) is 0 Å². The average molecular weight is 325 g/mol. The van der Waals surface area contributed by atoms with Crippen LogP contribution in [0.4, 0.5) is 5.82 Å². The normalized spacial score (nSPS) is 17.5. The molecule has 1 saturated heterocycles. The van der Waals surface area contributed by atoms with E-state index in [0.29, 0.717) is 24.2 Å². The molecular formula is C18H23N5O. The van der Waals surface area contributed by atoms with E-state index in [0.717, 1.165) is 37.2 Å². The third kappa shape index (κ3) is 3.07. The maximum atomic E-state index is 9.52. The van der Waals surface area contributed by atoms with E-state index < -0.39 is 0 Å².